The molecule has 0 unspecified atom stereocenters. The van der Waals surface area contributed by atoms with E-state index in [-0.39, 0.29) is 24.5 Å². The maximum Gasteiger partial charge on any atom is 0.261 e. The Bertz CT molecular complexity index is 1130. The molecule has 1 aliphatic carbocycles. The van der Waals surface area contributed by atoms with Crippen molar-refractivity contribution in [3.05, 3.63) is 76.8 Å². The summed E-state index contributed by atoms with van der Waals surface area (Å²) >= 11 is 3.62. The van der Waals surface area contributed by atoms with Gasteiger partial charge >= 0.3 is 0 Å². The lowest BCUT2D eigenvalue weighted by molar-refractivity contribution is -0.141. The topological polar surface area (TPSA) is 58.6 Å². The molecule has 1 fully saturated rings. The van der Waals surface area contributed by atoms with Crippen LogP contribution in [0.3, 0.4) is 0 Å². The lowest BCUT2D eigenvalue weighted by Crippen LogP contribution is -2.51. The molecule has 0 aliphatic heterocycles. The molecule has 34 heavy (non-hydrogen) atoms. The fourth-order valence-electron chi connectivity index (χ4n) is 4.51. The number of ether oxygens (including phenoxy) is 1. The SMILES string of the molecule is C[C@H](C(=O)NC1CCCC1)N(CCc1ccccc1)C(=O)COc1ccc2ccccc2c1Br. The number of benzene rings is 3. The number of halogens is 1. The van der Waals surface area contributed by atoms with Crippen LogP contribution in [0.4, 0.5) is 0 Å². The summed E-state index contributed by atoms with van der Waals surface area (Å²) < 4.78 is 6.75. The lowest BCUT2D eigenvalue weighted by atomic mass is 10.1. The van der Waals surface area contributed by atoms with Crippen molar-refractivity contribution >= 4 is 38.5 Å². The smallest absolute Gasteiger partial charge is 0.261 e. The molecule has 0 aromatic heterocycles. The third-order valence-electron chi connectivity index (χ3n) is 6.53. The third-order valence-corrected chi connectivity index (χ3v) is 7.35. The van der Waals surface area contributed by atoms with Gasteiger partial charge in [0.25, 0.3) is 5.91 Å². The number of amides is 2. The van der Waals surface area contributed by atoms with Gasteiger partial charge in [-0.3, -0.25) is 9.59 Å². The minimum Gasteiger partial charge on any atom is -0.483 e. The van der Waals surface area contributed by atoms with Gasteiger partial charge in [0.2, 0.25) is 5.91 Å². The first-order valence-corrected chi connectivity index (χ1v) is 12.8. The molecule has 0 heterocycles. The highest BCUT2D eigenvalue weighted by molar-refractivity contribution is 9.10. The van der Waals surface area contributed by atoms with E-state index in [1.54, 1.807) is 11.8 Å². The van der Waals surface area contributed by atoms with Gasteiger partial charge in [-0.15, -0.1) is 0 Å². The zero-order valence-electron chi connectivity index (χ0n) is 19.5. The molecule has 178 valence electrons. The van der Waals surface area contributed by atoms with E-state index in [4.69, 9.17) is 4.74 Å². The van der Waals surface area contributed by atoms with Crippen LogP contribution in [-0.4, -0.2) is 41.9 Å². The highest BCUT2D eigenvalue weighted by Gasteiger charge is 2.28. The summed E-state index contributed by atoms with van der Waals surface area (Å²) in [5.41, 5.74) is 1.13. The van der Waals surface area contributed by atoms with Crippen molar-refractivity contribution in [3.8, 4) is 5.75 Å². The number of rotatable bonds is 9. The summed E-state index contributed by atoms with van der Waals surface area (Å²) in [7, 11) is 0. The molecular formula is C28H31BrN2O3. The second kappa shape index (κ2) is 11.5. The van der Waals surface area contributed by atoms with Crippen LogP contribution in [0.1, 0.15) is 38.2 Å². The summed E-state index contributed by atoms with van der Waals surface area (Å²) in [6.45, 7) is 2.12. The molecule has 2 amide bonds. The molecule has 1 atom stereocenters. The molecular weight excluding hydrogens is 492 g/mol. The van der Waals surface area contributed by atoms with Gasteiger partial charge in [0.1, 0.15) is 11.8 Å². The van der Waals surface area contributed by atoms with Crippen molar-refractivity contribution in [1.29, 1.82) is 0 Å². The maximum absolute atomic E-state index is 13.3. The molecule has 3 aromatic rings. The van der Waals surface area contributed by atoms with Crippen molar-refractivity contribution < 1.29 is 14.3 Å². The number of hydrogen-bond acceptors (Lipinski definition) is 3. The van der Waals surface area contributed by atoms with Gasteiger partial charge in [0.05, 0.1) is 4.47 Å². The molecule has 0 saturated heterocycles. The maximum atomic E-state index is 13.3. The lowest BCUT2D eigenvalue weighted by Gasteiger charge is -2.29. The molecule has 0 bridgehead atoms. The minimum absolute atomic E-state index is 0.0970. The Kier molecular flexibility index (Phi) is 8.22. The molecule has 1 aliphatic rings. The predicted molar refractivity (Wildman–Crippen MR) is 139 cm³/mol. The third kappa shape index (κ3) is 5.98. The Balaban J connectivity index is 1.45. The van der Waals surface area contributed by atoms with Crippen molar-refractivity contribution in [3.63, 3.8) is 0 Å². The molecule has 1 N–H and O–H groups in total. The molecule has 0 radical (unpaired) electrons. The fraction of sp³-hybridized carbons (Fsp3) is 0.357. The van der Waals surface area contributed by atoms with Gasteiger partial charge in [-0.05, 0) is 64.5 Å². The fourth-order valence-corrected chi connectivity index (χ4v) is 5.12. The zero-order chi connectivity index (χ0) is 23.9. The van der Waals surface area contributed by atoms with Crippen LogP contribution in [0.5, 0.6) is 5.75 Å². The number of hydrogen-bond donors (Lipinski definition) is 1. The first kappa shape index (κ1) is 24.3. The second-order valence-electron chi connectivity index (χ2n) is 8.88. The van der Waals surface area contributed by atoms with Crippen LogP contribution < -0.4 is 10.1 Å². The van der Waals surface area contributed by atoms with Crippen LogP contribution in [-0.2, 0) is 16.0 Å². The summed E-state index contributed by atoms with van der Waals surface area (Å²) in [6.07, 6.45) is 4.98. The van der Waals surface area contributed by atoms with E-state index in [1.807, 2.05) is 66.7 Å². The average molecular weight is 523 g/mol. The number of nitrogens with zero attached hydrogens (tertiary/aromatic N) is 1. The van der Waals surface area contributed by atoms with Crippen LogP contribution in [0.25, 0.3) is 10.8 Å². The summed E-state index contributed by atoms with van der Waals surface area (Å²) in [5, 5.41) is 5.25. The van der Waals surface area contributed by atoms with Gasteiger partial charge in [-0.25, -0.2) is 0 Å². The van der Waals surface area contributed by atoms with Gasteiger partial charge in [0, 0.05) is 12.6 Å². The molecule has 0 spiro atoms. The second-order valence-corrected chi connectivity index (χ2v) is 9.67. The first-order valence-electron chi connectivity index (χ1n) is 12.0. The van der Waals surface area contributed by atoms with Crippen LogP contribution >= 0.6 is 15.9 Å². The van der Waals surface area contributed by atoms with Gasteiger partial charge < -0.3 is 15.0 Å². The van der Waals surface area contributed by atoms with E-state index in [1.165, 1.54) is 0 Å². The number of carbonyl (C=O) groups is 2. The number of carbonyl (C=O) groups excluding carboxylic acids is 2. The Hall–Kier alpha value is -2.86. The van der Waals surface area contributed by atoms with Gasteiger partial charge in [-0.1, -0.05) is 73.5 Å². The van der Waals surface area contributed by atoms with Crippen molar-refractivity contribution in [2.45, 2.75) is 51.1 Å². The summed E-state index contributed by atoms with van der Waals surface area (Å²) in [5.74, 6) is 0.309. The van der Waals surface area contributed by atoms with Crippen molar-refractivity contribution in [2.75, 3.05) is 13.2 Å². The highest BCUT2D eigenvalue weighted by Crippen LogP contribution is 2.33. The minimum atomic E-state index is -0.569. The van der Waals surface area contributed by atoms with E-state index in [0.29, 0.717) is 18.7 Å². The highest BCUT2D eigenvalue weighted by atomic mass is 79.9. The largest absolute Gasteiger partial charge is 0.483 e. The van der Waals surface area contributed by atoms with Crippen LogP contribution in [0, 0.1) is 0 Å². The molecule has 6 heteroatoms. The van der Waals surface area contributed by atoms with E-state index >= 15 is 0 Å². The van der Waals surface area contributed by atoms with E-state index in [9.17, 15) is 9.59 Å². The van der Waals surface area contributed by atoms with Gasteiger partial charge in [0.15, 0.2) is 6.61 Å². The van der Waals surface area contributed by atoms with Crippen molar-refractivity contribution in [2.24, 2.45) is 0 Å². The summed E-state index contributed by atoms with van der Waals surface area (Å²) in [6, 6.07) is 21.5. The normalized spacial score (nSPS) is 14.6. The number of fused-ring (bicyclic) bond motifs is 1. The Morgan fingerprint density at radius 1 is 1.03 bits per heavy atom. The average Bonchev–Trinajstić information content (AvgIpc) is 3.37. The quantitative estimate of drug-likeness (QED) is 0.403. The summed E-state index contributed by atoms with van der Waals surface area (Å²) in [4.78, 5) is 27.9. The standard InChI is InChI=1S/C28H31BrN2O3/c1-20(28(33)30-23-12-6-7-13-23)31(18-17-21-9-3-2-4-10-21)26(32)19-34-25-16-15-22-11-5-8-14-24(22)27(25)29/h2-5,8-11,14-16,20,23H,6-7,12-13,17-19H2,1H3,(H,30,33)/t20-/m1/s1. The molecule has 3 aromatic carbocycles. The van der Waals surface area contributed by atoms with Crippen LogP contribution in [0.15, 0.2) is 71.2 Å². The van der Waals surface area contributed by atoms with E-state index in [0.717, 1.165) is 46.5 Å². The zero-order valence-corrected chi connectivity index (χ0v) is 21.1. The van der Waals surface area contributed by atoms with Gasteiger partial charge in [-0.2, -0.15) is 0 Å². The monoisotopic (exact) mass is 522 g/mol. The Morgan fingerprint density at radius 3 is 2.50 bits per heavy atom. The van der Waals surface area contributed by atoms with Crippen molar-refractivity contribution in [1.82, 2.24) is 10.2 Å². The Labute approximate surface area is 209 Å². The molecule has 1 saturated carbocycles. The molecule has 4 rings (SSSR count). The first-order chi connectivity index (χ1) is 16.5. The Morgan fingerprint density at radius 2 is 1.74 bits per heavy atom. The molecule has 5 nitrogen and oxygen atoms in total. The number of nitrogens with one attached hydrogen (secondary N) is 1. The van der Waals surface area contributed by atoms with E-state index in [2.05, 4.69) is 21.2 Å². The predicted octanol–water partition coefficient (Wildman–Crippen LogP) is 5.50. The van der Waals surface area contributed by atoms with Crippen LogP contribution in [0.2, 0.25) is 0 Å². The van der Waals surface area contributed by atoms with E-state index < -0.39 is 6.04 Å².